The van der Waals surface area contributed by atoms with Gasteiger partial charge >= 0.3 is 0 Å². The van der Waals surface area contributed by atoms with Gasteiger partial charge in [0.15, 0.2) is 0 Å². The molecule has 7 nitrogen and oxygen atoms in total. The summed E-state index contributed by atoms with van der Waals surface area (Å²) in [4.78, 5) is 8.74. The molecule has 0 aliphatic heterocycles. The molecule has 0 unspecified atom stereocenters. The van der Waals surface area contributed by atoms with Gasteiger partial charge in [-0.1, -0.05) is 0 Å². The second-order valence-electron chi connectivity index (χ2n) is 5.46. The molecular weight excluding hydrogens is 348 g/mol. The molecule has 0 amide bonds. The van der Waals surface area contributed by atoms with E-state index in [1.807, 2.05) is 12.1 Å². The maximum absolute atomic E-state index is 5.98. The van der Waals surface area contributed by atoms with Gasteiger partial charge in [-0.25, -0.2) is 9.97 Å². The Balaban J connectivity index is 2.03. The Morgan fingerprint density at radius 2 is 1.00 bits per heavy atom. The van der Waals surface area contributed by atoms with Crippen molar-refractivity contribution in [2.75, 3.05) is 28.4 Å². The maximum Gasteiger partial charge on any atom is 0.246 e. The molecule has 0 spiro atoms. The third-order valence-electron chi connectivity index (χ3n) is 3.83. The van der Waals surface area contributed by atoms with Crippen LogP contribution in [0.15, 0.2) is 48.8 Å². The van der Waals surface area contributed by atoms with Gasteiger partial charge in [0.1, 0.15) is 34.4 Å². The van der Waals surface area contributed by atoms with Gasteiger partial charge in [0.05, 0.1) is 28.4 Å². The minimum Gasteiger partial charge on any atom is -0.497 e. The average molecular weight is 368 g/mol. The van der Waals surface area contributed by atoms with Crippen LogP contribution in [-0.2, 0) is 0 Å². The summed E-state index contributed by atoms with van der Waals surface area (Å²) in [5.41, 5.74) is 1.31. The summed E-state index contributed by atoms with van der Waals surface area (Å²) in [6, 6.07) is 10.7. The number of hydrogen-bond acceptors (Lipinski definition) is 7. The Morgan fingerprint density at radius 3 is 1.52 bits per heavy atom. The summed E-state index contributed by atoms with van der Waals surface area (Å²) >= 11 is 0. The van der Waals surface area contributed by atoms with Gasteiger partial charge < -0.3 is 23.7 Å². The lowest BCUT2D eigenvalue weighted by atomic mass is 10.1. The van der Waals surface area contributed by atoms with Gasteiger partial charge in [0.2, 0.25) is 5.88 Å². The van der Waals surface area contributed by atoms with Crippen LogP contribution < -0.4 is 23.7 Å². The lowest BCUT2D eigenvalue weighted by Crippen LogP contribution is -1.96. The highest BCUT2D eigenvalue weighted by molar-refractivity contribution is 5.68. The molecule has 140 valence electrons. The van der Waals surface area contributed by atoms with E-state index >= 15 is 0 Å². The van der Waals surface area contributed by atoms with E-state index in [-0.39, 0.29) is 0 Å². The molecular formula is C20H20N2O5. The van der Waals surface area contributed by atoms with Crippen LogP contribution in [0.4, 0.5) is 0 Å². The smallest absolute Gasteiger partial charge is 0.246 e. The number of rotatable bonds is 7. The molecule has 0 fully saturated rings. The molecule has 3 rings (SSSR count). The summed E-state index contributed by atoms with van der Waals surface area (Å²) < 4.78 is 27.2. The molecule has 0 saturated heterocycles. The molecule has 0 radical (unpaired) electrons. The molecule has 0 N–H and O–H groups in total. The van der Waals surface area contributed by atoms with Gasteiger partial charge in [0, 0.05) is 42.2 Å². The lowest BCUT2D eigenvalue weighted by molar-refractivity contribution is 0.385. The fourth-order valence-electron chi connectivity index (χ4n) is 2.49. The molecule has 0 bridgehead atoms. The lowest BCUT2D eigenvalue weighted by Gasteiger charge is -2.13. The second kappa shape index (κ2) is 8.27. The van der Waals surface area contributed by atoms with Crippen LogP contribution in [0.5, 0.6) is 34.6 Å². The van der Waals surface area contributed by atoms with E-state index in [0.29, 0.717) is 40.3 Å². The largest absolute Gasteiger partial charge is 0.497 e. The number of hydrogen-bond donors (Lipinski definition) is 0. The van der Waals surface area contributed by atoms with Crippen LogP contribution in [0, 0.1) is 0 Å². The number of methoxy groups -OCH3 is 4. The second-order valence-corrected chi connectivity index (χ2v) is 5.46. The molecule has 0 saturated carbocycles. The Kier molecular flexibility index (Phi) is 5.61. The first-order chi connectivity index (χ1) is 13.2. The number of ether oxygens (including phenoxy) is 5. The number of benzene rings is 2. The van der Waals surface area contributed by atoms with Gasteiger partial charge in [-0.05, 0) is 12.1 Å². The van der Waals surface area contributed by atoms with Crippen molar-refractivity contribution in [2.24, 2.45) is 0 Å². The monoisotopic (exact) mass is 368 g/mol. The molecule has 0 aliphatic carbocycles. The van der Waals surface area contributed by atoms with Crippen LogP contribution in [0.1, 0.15) is 0 Å². The van der Waals surface area contributed by atoms with Gasteiger partial charge in [-0.15, -0.1) is 0 Å². The normalized spacial score (nSPS) is 10.2. The van der Waals surface area contributed by atoms with Crippen LogP contribution >= 0.6 is 0 Å². The number of nitrogens with zero attached hydrogens (tertiary/aromatic N) is 2. The van der Waals surface area contributed by atoms with Crippen molar-refractivity contribution in [3.63, 3.8) is 0 Å². The molecule has 0 atom stereocenters. The standard InChI is InChI=1S/C20H20N2O5/c1-23-14-7-13(8-15(9-14)24-2)19-20(22-6-5-21-19)27-18-11-16(25-3)10-17(12-18)26-4/h5-12H,1-4H3. The first kappa shape index (κ1) is 18.3. The average Bonchev–Trinajstić information content (AvgIpc) is 2.73. The zero-order valence-corrected chi connectivity index (χ0v) is 15.6. The highest BCUT2D eigenvalue weighted by Crippen LogP contribution is 2.36. The zero-order valence-electron chi connectivity index (χ0n) is 15.6. The summed E-state index contributed by atoms with van der Waals surface area (Å²) in [6.07, 6.45) is 3.16. The van der Waals surface area contributed by atoms with Gasteiger partial charge in [0.25, 0.3) is 0 Å². The van der Waals surface area contributed by atoms with Crippen molar-refractivity contribution >= 4 is 0 Å². The zero-order chi connectivity index (χ0) is 19.2. The quantitative estimate of drug-likeness (QED) is 0.625. The summed E-state index contributed by atoms with van der Waals surface area (Å²) in [6.45, 7) is 0. The van der Waals surface area contributed by atoms with Crippen LogP contribution in [-0.4, -0.2) is 38.4 Å². The predicted molar refractivity (Wildman–Crippen MR) is 100 cm³/mol. The summed E-state index contributed by atoms with van der Waals surface area (Å²) in [7, 11) is 6.34. The molecule has 2 aromatic carbocycles. The minimum atomic E-state index is 0.336. The third-order valence-corrected chi connectivity index (χ3v) is 3.83. The van der Waals surface area contributed by atoms with Crippen molar-refractivity contribution in [2.45, 2.75) is 0 Å². The van der Waals surface area contributed by atoms with E-state index in [1.54, 1.807) is 65.1 Å². The molecule has 0 aliphatic rings. The topological polar surface area (TPSA) is 71.9 Å². The summed E-state index contributed by atoms with van der Waals surface area (Å²) in [5, 5.41) is 0. The van der Waals surface area contributed by atoms with Crippen LogP contribution in [0.2, 0.25) is 0 Å². The van der Waals surface area contributed by atoms with Gasteiger partial charge in [-0.2, -0.15) is 0 Å². The van der Waals surface area contributed by atoms with E-state index in [1.165, 1.54) is 0 Å². The Morgan fingerprint density at radius 1 is 0.556 bits per heavy atom. The van der Waals surface area contributed by atoms with Crippen LogP contribution in [0.3, 0.4) is 0 Å². The molecule has 1 heterocycles. The Labute approximate surface area is 157 Å². The molecule has 7 heteroatoms. The van der Waals surface area contributed by atoms with E-state index in [9.17, 15) is 0 Å². The fourth-order valence-corrected chi connectivity index (χ4v) is 2.49. The van der Waals surface area contributed by atoms with E-state index in [4.69, 9.17) is 23.7 Å². The van der Waals surface area contributed by atoms with Crippen molar-refractivity contribution in [1.82, 2.24) is 9.97 Å². The highest BCUT2D eigenvalue weighted by Gasteiger charge is 2.14. The summed E-state index contributed by atoms with van der Waals surface area (Å²) in [5.74, 6) is 3.36. The third kappa shape index (κ3) is 4.20. The first-order valence-electron chi connectivity index (χ1n) is 8.12. The van der Waals surface area contributed by atoms with Crippen molar-refractivity contribution < 1.29 is 23.7 Å². The molecule has 3 aromatic rings. The van der Waals surface area contributed by atoms with E-state index in [0.717, 1.165) is 5.56 Å². The fraction of sp³-hybridized carbons (Fsp3) is 0.200. The molecule has 27 heavy (non-hydrogen) atoms. The van der Waals surface area contributed by atoms with E-state index < -0.39 is 0 Å². The maximum atomic E-state index is 5.98. The highest BCUT2D eigenvalue weighted by atomic mass is 16.5. The van der Waals surface area contributed by atoms with Crippen molar-refractivity contribution in [3.8, 4) is 45.9 Å². The Bertz CT molecular complexity index is 885. The van der Waals surface area contributed by atoms with E-state index in [2.05, 4.69) is 9.97 Å². The SMILES string of the molecule is COc1cc(OC)cc(Oc2nccnc2-c2cc(OC)cc(OC)c2)c1. The van der Waals surface area contributed by atoms with Crippen molar-refractivity contribution in [3.05, 3.63) is 48.8 Å². The Hall–Kier alpha value is -3.48. The molecule has 1 aromatic heterocycles. The van der Waals surface area contributed by atoms with Gasteiger partial charge in [-0.3, -0.25) is 0 Å². The first-order valence-corrected chi connectivity index (χ1v) is 8.12. The predicted octanol–water partition coefficient (Wildman–Crippen LogP) is 3.97. The van der Waals surface area contributed by atoms with Crippen molar-refractivity contribution in [1.29, 1.82) is 0 Å². The van der Waals surface area contributed by atoms with Crippen LogP contribution in [0.25, 0.3) is 11.3 Å². The number of aromatic nitrogens is 2. The minimum absolute atomic E-state index is 0.336.